The maximum atomic E-state index is 13.6. The Kier molecular flexibility index (Phi) is 24.8. The van der Waals surface area contributed by atoms with Crippen molar-refractivity contribution in [3.8, 4) is 79.7 Å². The zero-order valence-electron chi connectivity index (χ0n) is 54.0. The number of nitrogens with zero attached hydrogens (tertiary/aromatic N) is 2. The molecule has 0 fully saturated rings. The van der Waals surface area contributed by atoms with Gasteiger partial charge in [0.2, 0.25) is 0 Å². The van der Waals surface area contributed by atoms with Crippen LogP contribution in [0, 0.1) is 6.92 Å². The van der Waals surface area contributed by atoms with Gasteiger partial charge < -0.3 is 0 Å². The number of aryl methyl sites for hydroxylation is 5. The molecular weight excluding hydrogens is 1280 g/mol. The van der Waals surface area contributed by atoms with Crippen LogP contribution in [0.2, 0.25) is 0 Å². The van der Waals surface area contributed by atoms with Crippen LogP contribution >= 0.6 is 90.7 Å². The number of aromatic nitrogens is 2. The minimum Gasteiger partial charge on any atom is -0.235 e. The Morgan fingerprint density at radius 1 is 0.308 bits per heavy atom. The molecule has 0 spiro atoms. The summed E-state index contributed by atoms with van der Waals surface area (Å²) < 4.78 is 43.2. The molecule has 0 unspecified atom stereocenters. The molecule has 2 nitrogen and oxygen atoms in total. The lowest BCUT2D eigenvalue weighted by molar-refractivity contribution is -0.137. The predicted molar refractivity (Wildman–Crippen MR) is 402 cm³/mol. The molecule has 0 aliphatic heterocycles. The van der Waals surface area contributed by atoms with Gasteiger partial charge in [0, 0.05) is 48.8 Å². The molecule has 0 N–H and O–H groups in total. The fourth-order valence-corrected chi connectivity index (χ4v) is 21.9. The Morgan fingerprint density at radius 3 is 0.934 bits per heavy atom. The Labute approximate surface area is 572 Å². The molecule has 3 aromatic carbocycles. The van der Waals surface area contributed by atoms with E-state index in [2.05, 4.69) is 120 Å². The average molecular weight is 1370 g/mol. The van der Waals surface area contributed by atoms with Crippen molar-refractivity contribution in [2.24, 2.45) is 0 Å². The first-order chi connectivity index (χ1) is 44.5. The summed E-state index contributed by atoms with van der Waals surface area (Å²) in [4.78, 5) is 26.4. The first-order valence-corrected chi connectivity index (χ1v) is 40.7. The largest absolute Gasteiger partial charge is 0.416 e. The molecule has 0 saturated heterocycles. The van der Waals surface area contributed by atoms with Crippen molar-refractivity contribution >= 4 is 111 Å². The molecular formula is C78H89F3N2S8. The zero-order valence-corrected chi connectivity index (χ0v) is 60.5. The molecule has 13 heteroatoms. The van der Waals surface area contributed by atoms with Gasteiger partial charge in [0.25, 0.3) is 0 Å². The number of benzene rings is 3. The Morgan fingerprint density at radius 2 is 0.604 bits per heavy atom. The summed E-state index contributed by atoms with van der Waals surface area (Å²) in [5, 5.41) is 2.16. The summed E-state index contributed by atoms with van der Waals surface area (Å²) in [6.07, 6.45) is 30.1. The summed E-state index contributed by atoms with van der Waals surface area (Å²) in [7, 11) is 0. The van der Waals surface area contributed by atoms with E-state index in [-0.39, 0.29) is 0 Å². The lowest BCUT2D eigenvalue weighted by Gasteiger charge is -2.06. The maximum Gasteiger partial charge on any atom is 0.416 e. The van der Waals surface area contributed by atoms with E-state index in [0.29, 0.717) is 0 Å². The van der Waals surface area contributed by atoms with Crippen molar-refractivity contribution in [3.05, 3.63) is 143 Å². The number of hydrogen-bond donors (Lipinski definition) is 0. The minimum absolute atomic E-state index is 0.610. The third-order valence-corrected chi connectivity index (χ3v) is 27.8. The monoisotopic (exact) mass is 1370 g/mol. The Bertz CT molecular complexity index is 3990. The third kappa shape index (κ3) is 17.7. The molecule has 8 aromatic heterocycles. The van der Waals surface area contributed by atoms with E-state index < -0.39 is 11.7 Å². The number of rotatable bonds is 36. The molecule has 11 aromatic rings. The number of alkyl halides is 3. The van der Waals surface area contributed by atoms with E-state index in [1.165, 1.54) is 250 Å². The molecule has 480 valence electrons. The van der Waals surface area contributed by atoms with Crippen molar-refractivity contribution in [1.82, 2.24) is 9.97 Å². The molecule has 91 heavy (non-hydrogen) atoms. The van der Waals surface area contributed by atoms with Gasteiger partial charge in [-0.1, -0.05) is 198 Å². The summed E-state index contributed by atoms with van der Waals surface area (Å²) >= 11 is 15.0. The van der Waals surface area contributed by atoms with Gasteiger partial charge in [0.1, 0.15) is 10.0 Å². The second-order valence-corrected chi connectivity index (χ2v) is 33.5. The number of thiazole rings is 2. The Hall–Kier alpha value is -4.57. The molecule has 0 radical (unpaired) electrons. The summed E-state index contributed by atoms with van der Waals surface area (Å²) in [5.41, 5.74) is 10.6. The van der Waals surface area contributed by atoms with Gasteiger partial charge in [-0.25, -0.2) is 9.97 Å². The van der Waals surface area contributed by atoms with E-state index >= 15 is 0 Å². The summed E-state index contributed by atoms with van der Waals surface area (Å²) in [6, 6.07) is 38.5. The molecule has 11 rings (SSSR count). The van der Waals surface area contributed by atoms with Gasteiger partial charge in [0.05, 0.1) is 35.8 Å². The highest BCUT2D eigenvalue weighted by atomic mass is 32.1. The molecule has 0 aliphatic rings. The van der Waals surface area contributed by atoms with Crippen LogP contribution in [0.5, 0.6) is 0 Å². The third-order valence-electron chi connectivity index (χ3n) is 17.7. The van der Waals surface area contributed by atoms with Crippen molar-refractivity contribution < 1.29 is 13.2 Å². The van der Waals surface area contributed by atoms with Crippen molar-refractivity contribution in [2.45, 2.75) is 221 Å². The quantitative estimate of drug-likeness (QED) is 0.0366. The van der Waals surface area contributed by atoms with E-state index in [1.54, 1.807) is 34.8 Å². The van der Waals surface area contributed by atoms with Crippen LogP contribution in [-0.2, 0) is 31.9 Å². The van der Waals surface area contributed by atoms with E-state index in [4.69, 9.17) is 9.97 Å². The molecule has 0 atom stereocenters. The molecule has 0 bridgehead atoms. The second kappa shape index (κ2) is 33.2. The van der Waals surface area contributed by atoms with Gasteiger partial charge in [-0.15, -0.1) is 90.7 Å². The lowest BCUT2D eigenvalue weighted by atomic mass is 10.0. The fourth-order valence-electron chi connectivity index (χ4n) is 12.4. The summed E-state index contributed by atoms with van der Waals surface area (Å²) in [6.45, 7) is 11.3. The zero-order chi connectivity index (χ0) is 63.1. The number of fused-ring (bicyclic) bond motifs is 2. The van der Waals surface area contributed by atoms with E-state index in [1.807, 2.05) is 68.0 Å². The van der Waals surface area contributed by atoms with Crippen LogP contribution in [0.1, 0.15) is 215 Å². The van der Waals surface area contributed by atoms with Gasteiger partial charge in [-0.2, -0.15) is 13.2 Å². The van der Waals surface area contributed by atoms with Crippen LogP contribution < -0.4 is 0 Å². The van der Waals surface area contributed by atoms with Crippen LogP contribution in [0.25, 0.3) is 100 Å². The first-order valence-electron chi connectivity index (χ1n) is 34.1. The summed E-state index contributed by atoms with van der Waals surface area (Å²) in [5.74, 6) is 0. The minimum atomic E-state index is -4.36. The van der Waals surface area contributed by atoms with E-state index in [0.717, 1.165) is 70.0 Å². The highest BCUT2D eigenvalue weighted by Gasteiger charge is 2.30. The average Bonchev–Trinajstić information content (AvgIpc) is 1.69. The first kappa shape index (κ1) is 67.8. The fraction of sp³-hybridized carbons (Fsp3) is 0.436. The molecule has 0 amide bonds. The van der Waals surface area contributed by atoms with Crippen LogP contribution in [0.15, 0.2) is 109 Å². The second-order valence-electron chi connectivity index (χ2n) is 25.0. The topological polar surface area (TPSA) is 25.8 Å². The molecule has 8 heterocycles. The smallest absolute Gasteiger partial charge is 0.235 e. The highest BCUT2D eigenvalue weighted by molar-refractivity contribution is 7.31. The number of thiophene rings is 6. The number of hydrogen-bond acceptors (Lipinski definition) is 10. The van der Waals surface area contributed by atoms with Gasteiger partial charge in [0.15, 0.2) is 0 Å². The van der Waals surface area contributed by atoms with Gasteiger partial charge >= 0.3 is 6.18 Å². The van der Waals surface area contributed by atoms with Gasteiger partial charge in [-0.3, -0.25) is 0 Å². The van der Waals surface area contributed by atoms with Crippen LogP contribution in [0.3, 0.4) is 0 Å². The Balaban J connectivity index is 0.870. The van der Waals surface area contributed by atoms with Crippen molar-refractivity contribution in [3.63, 3.8) is 0 Å². The van der Waals surface area contributed by atoms with Crippen molar-refractivity contribution in [2.75, 3.05) is 0 Å². The van der Waals surface area contributed by atoms with Crippen molar-refractivity contribution in [1.29, 1.82) is 0 Å². The SMILES string of the molecule is CCCCCCCCc1cc(-c2ccc(C)cc2)sc1-c1ccc(-c2sc(-c3nc4cc5sc(-c6cc(CCCCCCCC)c(-c7ccc(-c8sc(-c9ccc(C(F)(F)F)cc9)cc8CCCCCCCC)s7)s6)nc5cc4s3)cc2CCCCCCCC)s1. The molecule has 0 saturated carbocycles. The predicted octanol–water partition coefficient (Wildman–Crippen LogP) is 29.6. The maximum absolute atomic E-state index is 13.6. The highest BCUT2D eigenvalue weighted by Crippen LogP contribution is 2.51. The standard InChI is InChI=1S/C78H89F3N2S8/c1-6-10-14-18-22-26-30-55-46-66(53-36-34-52(5)35-37-53)86-72(55)62-42-44-64(84-62)74-57(32-28-24-20-16-12-8-3)48-70(88-74)76-82-60-50-69-61(51-68(60)90-76)83-77(91-69)71-49-58(33-29-25-21-17-13-9-4)75(89-71)65-45-43-63(85-65)73-56(31-27-23-19-15-11-7-2)47-67(87-73)54-38-40-59(41-39-54)78(79,80)81/h34-51H,6-33H2,1-5H3. The number of halogens is 3. The van der Waals surface area contributed by atoms with E-state index in [9.17, 15) is 13.2 Å². The number of unbranched alkanes of at least 4 members (excludes halogenated alkanes) is 20. The normalized spacial score (nSPS) is 12.1. The van der Waals surface area contributed by atoms with Crippen LogP contribution in [-0.4, -0.2) is 9.97 Å². The van der Waals surface area contributed by atoms with Crippen LogP contribution in [0.4, 0.5) is 13.2 Å². The molecule has 0 aliphatic carbocycles. The van der Waals surface area contributed by atoms with Gasteiger partial charge in [-0.05, 0) is 164 Å². The lowest BCUT2D eigenvalue weighted by Crippen LogP contribution is -2.03.